The highest BCUT2D eigenvalue weighted by Crippen LogP contribution is 2.27. The van der Waals surface area contributed by atoms with Crippen molar-refractivity contribution >= 4 is 27.5 Å². The molecule has 3 aromatic rings. The van der Waals surface area contributed by atoms with Crippen molar-refractivity contribution in [2.24, 2.45) is 0 Å². The van der Waals surface area contributed by atoms with Crippen LogP contribution in [0.4, 0.5) is 0 Å². The van der Waals surface area contributed by atoms with E-state index in [0.717, 1.165) is 15.3 Å². The number of amides is 1. The third-order valence-corrected chi connectivity index (χ3v) is 6.56. The zero-order valence-electron chi connectivity index (χ0n) is 16.1. The summed E-state index contributed by atoms with van der Waals surface area (Å²) < 4.78 is 6.53. The highest BCUT2D eigenvalue weighted by Gasteiger charge is 2.35. The molecule has 4 heterocycles. The lowest BCUT2D eigenvalue weighted by Gasteiger charge is -2.38. The van der Waals surface area contributed by atoms with E-state index in [0.29, 0.717) is 37.0 Å². The van der Waals surface area contributed by atoms with Crippen LogP contribution in [0.3, 0.4) is 0 Å². The second kappa shape index (κ2) is 6.82. The lowest BCUT2D eigenvalue weighted by atomic mass is 9.91. The van der Waals surface area contributed by atoms with Crippen molar-refractivity contribution in [3.63, 3.8) is 0 Å². The van der Waals surface area contributed by atoms with Crippen LogP contribution in [0.15, 0.2) is 21.7 Å². The van der Waals surface area contributed by atoms with Crippen molar-refractivity contribution in [1.82, 2.24) is 19.6 Å². The summed E-state index contributed by atoms with van der Waals surface area (Å²) in [5.41, 5.74) is 0.405. The summed E-state index contributed by atoms with van der Waals surface area (Å²) in [6, 6.07) is 1.61. The van der Waals surface area contributed by atoms with Crippen molar-refractivity contribution in [1.29, 1.82) is 0 Å². The molecule has 0 aromatic carbocycles. The van der Waals surface area contributed by atoms with E-state index in [1.807, 2.05) is 13.8 Å². The Bertz CT molecular complexity index is 1110. The molecule has 1 aliphatic heterocycles. The number of rotatable bonds is 3. The molecule has 1 amide bonds. The SMILES string of the molecule is Cc1cc(C(=O)N2CCC(O)(Cn3cnc4sc(C)c(C)c4c3=O)CC2)on1. The van der Waals surface area contributed by atoms with E-state index in [9.17, 15) is 14.7 Å². The number of aromatic nitrogens is 3. The summed E-state index contributed by atoms with van der Waals surface area (Å²) >= 11 is 1.50. The number of carbonyl (C=O) groups excluding carboxylic acids is 1. The lowest BCUT2D eigenvalue weighted by molar-refractivity contribution is -0.0305. The summed E-state index contributed by atoms with van der Waals surface area (Å²) in [7, 11) is 0. The average molecular weight is 402 g/mol. The third kappa shape index (κ3) is 3.24. The molecule has 0 unspecified atom stereocenters. The Kier molecular flexibility index (Phi) is 4.59. The molecule has 0 saturated carbocycles. The normalized spacial score (nSPS) is 16.6. The number of likely N-dealkylation sites (tertiary alicyclic amines) is 1. The van der Waals surface area contributed by atoms with Crippen molar-refractivity contribution in [3.05, 3.63) is 44.6 Å². The maximum absolute atomic E-state index is 12.9. The molecule has 28 heavy (non-hydrogen) atoms. The van der Waals surface area contributed by atoms with Crippen molar-refractivity contribution in [2.45, 2.75) is 45.8 Å². The Morgan fingerprint density at radius 3 is 2.68 bits per heavy atom. The molecule has 0 spiro atoms. The number of carbonyl (C=O) groups is 1. The molecule has 3 aromatic heterocycles. The molecule has 0 bridgehead atoms. The van der Waals surface area contributed by atoms with Gasteiger partial charge in [0.05, 0.1) is 29.6 Å². The summed E-state index contributed by atoms with van der Waals surface area (Å²) in [6.45, 7) is 6.58. The first kappa shape index (κ1) is 18.8. The maximum atomic E-state index is 12.9. The summed E-state index contributed by atoms with van der Waals surface area (Å²) in [5.74, 6) is -0.0237. The Morgan fingerprint density at radius 2 is 2.04 bits per heavy atom. The van der Waals surface area contributed by atoms with Crippen LogP contribution in [0.5, 0.6) is 0 Å². The van der Waals surface area contributed by atoms with Crippen molar-refractivity contribution in [3.8, 4) is 0 Å². The number of piperidine rings is 1. The van der Waals surface area contributed by atoms with E-state index in [4.69, 9.17) is 4.52 Å². The molecule has 0 aliphatic carbocycles. The number of aliphatic hydroxyl groups is 1. The average Bonchev–Trinajstić information content (AvgIpc) is 3.21. The minimum atomic E-state index is -1.06. The first-order valence-corrected chi connectivity index (χ1v) is 9.99. The van der Waals surface area contributed by atoms with Crippen molar-refractivity contribution in [2.75, 3.05) is 13.1 Å². The zero-order chi connectivity index (χ0) is 20.1. The van der Waals surface area contributed by atoms with Crippen LogP contribution in [-0.4, -0.2) is 49.3 Å². The van der Waals surface area contributed by atoms with E-state index in [-0.39, 0.29) is 23.8 Å². The smallest absolute Gasteiger partial charge is 0.292 e. The zero-order valence-corrected chi connectivity index (χ0v) is 16.9. The van der Waals surface area contributed by atoms with Gasteiger partial charge >= 0.3 is 0 Å². The van der Waals surface area contributed by atoms with Gasteiger partial charge in [-0.25, -0.2) is 4.98 Å². The maximum Gasteiger partial charge on any atom is 0.292 e. The van der Waals surface area contributed by atoms with Crippen LogP contribution >= 0.6 is 11.3 Å². The molecule has 148 valence electrons. The van der Waals surface area contributed by atoms with Crippen LogP contribution in [0.25, 0.3) is 10.2 Å². The van der Waals surface area contributed by atoms with Gasteiger partial charge in [0.15, 0.2) is 0 Å². The van der Waals surface area contributed by atoms with Crippen LogP contribution < -0.4 is 5.56 Å². The Labute approximate surface area is 165 Å². The molecular weight excluding hydrogens is 380 g/mol. The molecule has 0 radical (unpaired) electrons. The van der Waals surface area contributed by atoms with Gasteiger partial charge in [-0.05, 0) is 39.2 Å². The van der Waals surface area contributed by atoms with Gasteiger partial charge in [0, 0.05) is 24.0 Å². The first-order valence-electron chi connectivity index (χ1n) is 9.17. The number of nitrogens with zero attached hydrogens (tertiary/aromatic N) is 4. The predicted molar refractivity (Wildman–Crippen MR) is 105 cm³/mol. The molecule has 1 N–H and O–H groups in total. The number of hydrogen-bond donors (Lipinski definition) is 1. The molecule has 8 nitrogen and oxygen atoms in total. The lowest BCUT2D eigenvalue weighted by Crippen LogP contribution is -2.49. The van der Waals surface area contributed by atoms with Crippen LogP contribution in [0.1, 0.15) is 39.5 Å². The van der Waals surface area contributed by atoms with Gasteiger partial charge in [-0.15, -0.1) is 11.3 Å². The quantitative estimate of drug-likeness (QED) is 0.719. The van der Waals surface area contributed by atoms with E-state index >= 15 is 0 Å². The van der Waals surface area contributed by atoms with Gasteiger partial charge in [-0.1, -0.05) is 5.16 Å². The molecule has 1 fully saturated rings. The van der Waals surface area contributed by atoms with Gasteiger partial charge in [0.1, 0.15) is 4.83 Å². The van der Waals surface area contributed by atoms with Gasteiger partial charge in [0.2, 0.25) is 5.76 Å². The van der Waals surface area contributed by atoms with Crippen molar-refractivity contribution < 1.29 is 14.4 Å². The Hall–Kier alpha value is -2.52. The number of thiophene rings is 1. The second-order valence-corrected chi connectivity index (χ2v) is 8.69. The van der Waals surface area contributed by atoms with Gasteiger partial charge in [-0.2, -0.15) is 0 Å². The molecule has 1 aliphatic rings. The Balaban J connectivity index is 1.50. The fourth-order valence-electron chi connectivity index (χ4n) is 3.60. The number of fused-ring (bicyclic) bond motifs is 1. The molecule has 9 heteroatoms. The second-order valence-electron chi connectivity index (χ2n) is 7.49. The fourth-order valence-corrected chi connectivity index (χ4v) is 4.59. The number of aryl methyl sites for hydroxylation is 3. The van der Waals surface area contributed by atoms with E-state index in [1.54, 1.807) is 17.9 Å². The first-order chi connectivity index (χ1) is 13.3. The molecule has 0 atom stereocenters. The predicted octanol–water partition coefficient (Wildman–Crippen LogP) is 2.04. The minimum Gasteiger partial charge on any atom is -0.388 e. The van der Waals surface area contributed by atoms with Crippen LogP contribution in [-0.2, 0) is 6.54 Å². The highest BCUT2D eigenvalue weighted by atomic mass is 32.1. The molecule has 1 saturated heterocycles. The monoisotopic (exact) mass is 402 g/mol. The van der Waals surface area contributed by atoms with Crippen LogP contribution in [0, 0.1) is 20.8 Å². The third-order valence-electron chi connectivity index (χ3n) is 5.44. The standard InChI is InChI=1S/C19H22N4O4S/c1-11-8-14(27-21-11)17(24)22-6-4-19(26,5-7-22)9-23-10-20-16-15(18(23)25)12(2)13(3)28-16/h8,10,26H,4-7,9H2,1-3H3. The highest BCUT2D eigenvalue weighted by molar-refractivity contribution is 7.18. The topological polar surface area (TPSA) is 101 Å². The van der Waals surface area contributed by atoms with Gasteiger partial charge in [-0.3, -0.25) is 14.2 Å². The largest absolute Gasteiger partial charge is 0.388 e. The molecular formula is C19H22N4O4S. The minimum absolute atomic E-state index is 0.129. The number of hydrogen-bond acceptors (Lipinski definition) is 7. The Morgan fingerprint density at radius 1 is 1.32 bits per heavy atom. The van der Waals surface area contributed by atoms with Gasteiger partial charge < -0.3 is 14.5 Å². The molecule has 4 rings (SSSR count). The summed E-state index contributed by atoms with van der Waals surface area (Å²) in [6.07, 6.45) is 2.25. The van der Waals surface area contributed by atoms with Crippen LogP contribution in [0.2, 0.25) is 0 Å². The fraction of sp³-hybridized carbons (Fsp3) is 0.474. The van der Waals surface area contributed by atoms with E-state index < -0.39 is 5.60 Å². The summed E-state index contributed by atoms with van der Waals surface area (Å²) in [4.78, 5) is 33.2. The summed E-state index contributed by atoms with van der Waals surface area (Å²) in [5, 5.41) is 15.4. The van der Waals surface area contributed by atoms with E-state index in [2.05, 4.69) is 10.1 Å². The van der Waals surface area contributed by atoms with Gasteiger partial charge in [0.25, 0.3) is 11.5 Å². The van der Waals surface area contributed by atoms with E-state index in [1.165, 1.54) is 22.2 Å².